The van der Waals surface area contributed by atoms with Crippen molar-refractivity contribution in [2.75, 3.05) is 13.7 Å². The van der Waals surface area contributed by atoms with E-state index < -0.39 is 102 Å². The van der Waals surface area contributed by atoms with Crippen LogP contribution >= 0.6 is 0 Å². The zero-order chi connectivity index (χ0) is 32.0. The molecule has 1 amide bonds. The number of carbonyl (C=O) groups excluding carboxylic acids is 3. The Hall–Kier alpha value is -4.12. The number of fused-ring (bicyclic) bond motifs is 3. The summed E-state index contributed by atoms with van der Waals surface area (Å²) in [5.41, 5.74) is 6.40. The lowest BCUT2D eigenvalue weighted by atomic mass is 9.72. The van der Waals surface area contributed by atoms with E-state index in [1.54, 1.807) is 6.92 Å². The number of rotatable bonds is 5. The Morgan fingerprint density at radius 3 is 2.33 bits per heavy atom. The van der Waals surface area contributed by atoms with Crippen molar-refractivity contribution in [1.29, 1.82) is 0 Å². The molecule has 2 aromatic carbocycles. The van der Waals surface area contributed by atoms with Gasteiger partial charge in [0.15, 0.2) is 17.9 Å². The molecule has 0 saturated carbocycles. The molecule has 15 nitrogen and oxygen atoms in total. The molecule has 0 aromatic heterocycles. The molecule has 1 heterocycles. The maximum absolute atomic E-state index is 13.6. The molecule has 1 saturated heterocycles. The summed E-state index contributed by atoms with van der Waals surface area (Å²) in [4.78, 5) is 48.5. The summed E-state index contributed by atoms with van der Waals surface area (Å²) in [7, 11) is 1.32. The largest absolute Gasteiger partial charge is 0.507 e. The predicted octanol–water partition coefficient (Wildman–Crippen LogP) is -0.376. The van der Waals surface area contributed by atoms with Crippen molar-refractivity contribution in [2.45, 2.75) is 62.4 Å². The van der Waals surface area contributed by atoms with Gasteiger partial charge in [-0.1, -0.05) is 12.1 Å². The maximum atomic E-state index is 13.6. The lowest BCUT2D eigenvalue weighted by Gasteiger charge is -2.42. The van der Waals surface area contributed by atoms with E-state index in [2.05, 4.69) is 5.73 Å². The van der Waals surface area contributed by atoms with E-state index in [0.29, 0.717) is 0 Å². The van der Waals surface area contributed by atoms with Crippen molar-refractivity contribution in [3.8, 4) is 17.2 Å². The van der Waals surface area contributed by atoms with Crippen LogP contribution in [0.3, 0.4) is 0 Å². The fourth-order valence-electron chi connectivity index (χ4n) is 5.75. The first-order valence-electron chi connectivity index (χ1n) is 13.1. The summed E-state index contributed by atoms with van der Waals surface area (Å²) in [6.07, 6.45) is -6.46. The van der Waals surface area contributed by atoms with Gasteiger partial charge in [-0.15, -0.1) is 0 Å². The Bertz CT molecular complexity index is 1480. The predicted molar refractivity (Wildman–Crippen MR) is 144 cm³/mol. The van der Waals surface area contributed by atoms with Gasteiger partial charge in [0.05, 0.1) is 42.1 Å². The van der Waals surface area contributed by atoms with Gasteiger partial charge < -0.3 is 56.3 Å². The SMILES string of the molecule is COc1cccc2c1C(=O)c1c(O)c3c(c(O)c1C2=O)C[C@@](O)(C(=O)CO)C[C@@H]3O[C@H]1C[C@H](N)[C@H](O)[C@H](C)O1.NC(=O)O. The van der Waals surface area contributed by atoms with Crippen LogP contribution in [0.15, 0.2) is 18.2 Å². The third kappa shape index (κ3) is 5.53. The Kier molecular flexibility index (Phi) is 8.78. The summed E-state index contributed by atoms with van der Waals surface area (Å²) < 4.78 is 17.0. The second-order valence-electron chi connectivity index (χ2n) is 10.5. The molecule has 2 aromatic rings. The molecule has 0 radical (unpaired) electrons. The molecular formula is C28H32N2O13. The van der Waals surface area contributed by atoms with Gasteiger partial charge in [-0.2, -0.15) is 0 Å². The lowest BCUT2D eigenvalue weighted by molar-refractivity contribution is -0.247. The molecule has 6 atom stereocenters. The van der Waals surface area contributed by atoms with E-state index in [0.717, 1.165) is 0 Å². The number of aliphatic hydroxyl groups is 3. The highest BCUT2D eigenvalue weighted by Gasteiger charge is 2.50. The molecule has 1 aliphatic heterocycles. The number of nitrogens with two attached hydrogens (primary N) is 2. The second-order valence-corrected chi connectivity index (χ2v) is 10.5. The standard InChI is InChI=1S/C27H29NO11.CH3NO2/c1-10-22(31)13(28)6-17(38-10)39-15-8-27(36,16(30)9-29)7-12-19(15)26(35)21-20(24(12)33)23(32)11-4-3-5-14(37-2)18(11)25(21)34;2-1(3)4/h3-5,10,13,15,17,22,29,31,33,35-36H,6-9,28H2,1-2H3;2H2,(H,3,4)/t10-,13-,15-,17-,22+,27-;/m0./s1. The topological polar surface area (TPSA) is 269 Å². The highest BCUT2D eigenvalue weighted by atomic mass is 16.7. The van der Waals surface area contributed by atoms with E-state index >= 15 is 0 Å². The lowest BCUT2D eigenvalue weighted by Crippen LogP contribution is -2.53. The van der Waals surface area contributed by atoms with Gasteiger partial charge in [-0.05, 0) is 13.0 Å². The molecule has 0 bridgehead atoms. The zero-order valence-corrected chi connectivity index (χ0v) is 23.1. The molecule has 5 rings (SSSR count). The van der Waals surface area contributed by atoms with Crippen LogP contribution < -0.4 is 16.2 Å². The van der Waals surface area contributed by atoms with Crippen molar-refractivity contribution in [1.82, 2.24) is 0 Å². The van der Waals surface area contributed by atoms with Crippen molar-refractivity contribution in [3.63, 3.8) is 0 Å². The number of amides is 1. The zero-order valence-electron chi connectivity index (χ0n) is 23.1. The number of phenolic OH excluding ortho intramolecular Hbond substituents is 2. The number of benzene rings is 2. The summed E-state index contributed by atoms with van der Waals surface area (Å²) in [6, 6.07) is 3.64. The van der Waals surface area contributed by atoms with Crippen LogP contribution in [0.5, 0.6) is 17.2 Å². The third-order valence-corrected chi connectivity index (χ3v) is 7.81. The van der Waals surface area contributed by atoms with Crippen molar-refractivity contribution in [3.05, 3.63) is 51.6 Å². The Labute approximate surface area is 244 Å². The van der Waals surface area contributed by atoms with E-state index in [1.165, 1.54) is 25.3 Å². The minimum atomic E-state index is -2.24. The first-order chi connectivity index (χ1) is 20.2. The van der Waals surface area contributed by atoms with Crippen LogP contribution in [0.4, 0.5) is 4.79 Å². The number of hydrogen-bond acceptors (Lipinski definition) is 13. The van der Waals surface area contributed by atoms with Crippen LogP contribution in [-0.2, 0) is 20.7 Å². The first kappa shape index (κ1) is 31.8. The Balaban J connectivity index is 0.000000996. The maximum Gasteiger partial charge on any atom is 0.402 e. The highest BCUT2D eigenvalue weighted by molar-refractivity contribution is 6.31. The molecule has 43 heavy (non-hydrogen) atoms. The monoisotopic (exact) mass is 604 g/mol. The highest BCUT2D eigenvalue weighted by Crippen LogP contribution is 2.52. The number of carbonyl (C=O) groups is 4. The van der Waals surface area contributed by atoms with Crippen LogP contribution in [0.1, 0.15) is 68.8 Å². The van der Waals surface area contributed by atoms with E-state index in [4.69, 9.17) is 29.8 Å². The molecule has 0 spiro atoms. The van der Waals surface area contributed by atoms with Crippen LogP contribution in [0.25, 0.3) is 0 Å². The van der Waals surface area contributed by atoms with Gasteiger partial charge in [-0.3, -0.25) is 14.4 Å². The van der Waals surface area contributed by atoms with E-state index in [1.807, 2.05) is 0 Å². The quantitative estimate of drug-likeness (QED) is 0.173. The summed E-state index contributed by atoms with van der Waals surface area (Å²) in [6.45, 7) is 0.560. The Morgan fingerprint density at radius 1 is 1.12 bits per heavy atom. The van der Waals surface area contributed by atoms with Gasteiger partial charge in [0.2, 0.25) is 5.78 Å². The molecule has 1 fully saturated rings. The van der Waals surface area contributed by atoms with Crippen LogP contribution in [0.2, 0.25) is 0 Å². The van der Waals surface area contributed by atoms with E-state index in [9.17, 15) is 39.9 Å². The number of primary amides is 1. The second kappa shape index (κ2) is 11.9. The number of methoxy groups -OCH3 is 1. The van der Waals surface area contributed by atoms with Crippen molar-refractivity contribution in [2.24, 2.45) is 11.5 Å². The molecule has 0 unspecified atom stereocenters. The fraction of sp³-hybridized carbons (Fsp3) is 0.429. The number of aromatic hydroxyl groups is 2. The smallest absolute Gasteiger partial charge is 0.402 e. The number of carboxylic acid groups (broad SMARTS) is 1. The summed E-state index contributed by atoms with van der Waals surface area (Å²) in [5.74, 6) is -3.77. The number of aliphatic hydroxyl groups excluding tert-OH is 2. The van der Waals surface area contributed by atoms with Gasteiger partial charge in [-0.25, -0.2) is 4.79 Å². The molecule has 15 heteroatoms. The van der Waals surface area contributed by atoms with Gasteiger partial charge in [0.1, 0.15) is 29.5 Å². The fourth-order valence-corrected chi connectivity index (χ4v) is 5.75. The van der Waals surface area contributed by atoms with Gasteiger partial charge in [0, 0.05) is 42.0 Å². The average Bonchev–Trinajstić information content (AvgIpc) is 2.94. The number of ketones is 3. The number of Topliss-reactive ketones (excluding diaryl/α,β-unsaturated/α-hetero) is 1. The molecular weight excluding hydrogens is 572 g/mol. The minimum Gasteiger partial charge on any atom is -0.507 e. The average molecular weight is 605 g/mol. The molecule has 10 N–H and O–H groups in total. The van der Waals surface area contributed by atoms with Crippen LogP contribution in [0, 0.1) is 0 Å². The number of hydrogen-bond donors (Lipinski definition) is 8. The Morgan fingerprint density at radius 2 is 1.74 bits per heavy atom. The van der Waals surface area contributed by atoms with Crippen molar-refractivity contribution >= 4 is 23.4 Å². The molecule has 3 aliphatic rings. The number of phenols is 2. The number of ether oxygens (including phenoxy) is 3. The molecule has 232 valence electrons. The first-order valence-corrected chi connectivity index (χ1v) is 13.1. The normalized spacial score (nSPS) is 27.6. The van der Waals surface area contributed by atoms with Crippen LogP contribution in [-0.4, -0.2) is 97.9 Å². The van der Waals surface area contributed by atoms with Crippen molar-refractivity contribution < 1.29 is 64.0 Å². The molecule has 2 aliphatic carbocycles. The summed E-state index contributed by atoms with van der Waals surface area (Å²) >= 11 is 0. The van der Waals surface area contributed by atoms with Gasteiger partial charge >= 0.3 is 6.09 Å². The minimum absolute atomic E-state index is 0.0173. The van der Waals surface area contributed by atoms with E-state index in [-0.39, 0.29) is 34.4 Å². The third-order valence-electron chi connectivity index (χ3n) is 7.81. The van der Waals surface area contributed by atoms with Gasteiger partial charge in [0.25, 0.3) is 0 Å². The summed E-state index contributed by atoms with van der Waals surface area (Å²) in [5, 5.41) is 60.9.